The van der Waals surface area contributed by atoms with Gasteiger partial charge < -0.3 is 9.47 Å². The number of hydrogen-bond acceptors (Lipinski definition) is 3. The third kappa shape index (κ3) is 9.71. The minimum Gasteiger partial charge on any atom is -0.490 e. The van der Waals surface area contributed by atoms with Crippen LogP contribution in [0.1, 0.15) is 140 Å². The van der Waals surface area contributed by atoms with Crippen LogP contribution in [-0.2, 0) is 9.53 Å². The van der Waals surface area contributed by atoms with E-state index in [2.05, 4.69) is 31.2 Å². The SMILES string of the molecule is CCCCCCCCCCCC(=O)O[C@H]1CCCC[C@@H]1c1ccc(OC2CCCCC2)cc1. The molecule has 33 heavy (non-hydrogen) atoms. The molecule has 0 amide bonds. The minimum atomic E-state index is 0.00657. The molecule has 0 N–H and O–H groups in total. The van der Waals surface area contributed by atoms with Gasteiger partial charge in [-0.25, -0.2) is 0 Å². The lowest BCUT2D eigenvalue weighted by Gasteiger charge is -2.31. The van der Waals surface area contributed by atoms with Gasteiger partial charge in [0.2, 0.25) is 0 Å². The quantitative estimate of drug-likeness (QED) is 0.207. The maximum Gasteiger partial charge on any atom is 0.306 e. The Morgan fingerprint density at radius 1 is 0.758 bits per heavy atom. The number of benzene rings is 1. The molecule has 2 atom stereocenters. The van der Waals surface area contributed by atoms with Crippen LogP contribution in [-0.4, -0.2) is 18.2 Å². The Kier molecular flexibility index (Phi) is 12.2. The van der Waals surface area contributed by atoms with Gasteiger partial charge in [-0.05, 0) is 69.1 Å². The van der Waals surface area contributed by atoms with Crippen LogP contribution in [0.25, 0.3) is 0 Å². The van der Waals surface area contributed by atoms with Gasteiger partial charge in [0.25, 0.3) is 0 Å². The lowest BCUT2D eigenvalue weighted by Crippen LogP contribution is -2.28. The van der Waals surface area contributed by atoms with Crippen LogP contribution < -0.4 is 4.74 Å². The summed E-state index contributed by atoms with van der Waals surface area (Å²) in [5.74, 6) is 1.32. The minimum absolute atomic E-state index is 0.00657. The molecule has 2 aliphatic rings. The zero-order valence-corrected chi connectivity index (χ0v) is 21.2. The first-order chi connectivity index (χ1) is 16.3. The lowest BCUT2D eigenvalue weighted by atomic mass is 9.81. The monoisotopic (exact) mass is 456 g/mol. The summed E-state index contributed by atoms with van der Waals surface area (Å²) in [5, 5.41) is 0. The highest BCUT2D eigenvalue weighted by molar-refractivity contribution is 5.69. The van der Waals surface area contributed by atoms with Crippen molar-refractivity contribution in [3.63, 3.8) is 0 Å². The fourth-order valence-corrected chi connectivity index (χ4v) is 5.60. The van der Waals surface area contributed by atoms with Crippen LogP contribution in [0.15, 0.2) is 24.3 Å². The molecule has 1 aromatic rings. The van der Waals surface area contributed by atoms with E-state index >= 15 is 0 Å². The van der Waals surface area contributed by atoms with E-state index in [1.807, 2.05) is 0 Å². The van der Waals surface area contributed by atoms with Gasteiger partial charge in [0.05, 0.1) is 6.10 Å². The molecule has 0 bridgehead atoms. The van der Waals surface area contributed by atoms with Crippen molar-refractivity contribution in [2.45, 2.75) is 147 Å². The maximum absolute atomic E-state index is 12.5. The summed E-state index contributed by atoms with van der Waals surface area (Å²) in [6.07, 6.45) is 23.2. The van der Waals surface area contributed by atoms with Crippen molar-refractivity contribution in [1.82, 2.24) is 0 Å². The summed E-state index contributed by atoms with van der Waals surface area (Å²) >= 11 is 0. The van der Waals surface area contributed by atoms with Gasteiger partial charge in [0.15, 0.2) is 0 Å². The first-order valence-electron chi connectivity index (χ1n) is 14.2. The van der Waals surface area contributed by atoms with Crippen molar-refractivity contribution in [3.05, 3.63) is 29.8 Å². The predicted octanol–water partition coefficient (Wildman–Crippen LogP) is 8.89. The highest BCUT2D eigenvalue weighted by atomic mass is 16.5. The molecule has 186 valence electrons. The van der Waals surface area contributed by atoms with Crippen molar-refractivity contribution in [3.8, 4) is 5.75 Å². The molecule has 0 unspecified atom stereocenters. The number of carbonyl (C=O) groups excluding carboxylic acids is 1. The zero-order chi connectivity index (χ0) is 23.1. The van der Waals surface area contributed by atoms with Gasteiger partial charge in [-0.3, -0.25) is 4.79 Å². The molecule has 3 nitrogen and oxygen atoms in total. The average molecular weight is 457 g/mol. The molecule has 2 fully saturated rings. The maximum atomic E-state index is 12.5. The van der Waals surface area contributed by atoms with Crippen LogP contribution in [0.3, 0.4) is 0 Å². The summed E-state index contributed by atoms with van der Waals surface area (Å²) < 4.78 is 12.2. The second-order valence-electron chi connectivity index (χ2n) is 10.4. The highest BCUT2D eigenvalue weighted by Crippen LogP contribution is 2.36. The number of rotatable bonds is 14. The topological polar surface area (TPSA) is 35.5 Å². The van der Waals surface area contributed by atoms with Gasteiger partial charge >= 0.3 is 5.97 Å². The van der Waals surface area contributed by atoms with Crippen molar-refractivity contribution < 1.29 is 14.3 Å². The molecular weight excluding hydrogens is 408 g/mol. The molecule has 0 heterocycles. The molecule has 2 saturated carbocycles. The first kappa shape index (κ1) is 26.1. The Labute approximate surface area is 203 Å². The Balaban J connectivity index is 1.37. The molecule has 0 radical (unpaired) electrons. The first-order valence-corrected chi connectivity index (χ1v) is 14.2. The molecular formula is C30H48O3. The summed E-state index contributed by atoms with van der Waals surface area (Å²) in [6.45, 7) is 2.26. The molecule has 3 rings (SSSR count). The number of esters is 1. The normalized spacial score (nSPS) is 21.6. The van der Waals surface area contributed by atoms with Crippen LogP contribution in [0, 0.1) is 0 Å². The Bertz CT molecular complexity index is 647. The Hall–Kier alpha value is -1.51. The zero-order valence-electron chi connectivity index (χ0n) is 21.2. The van der Waals surface area contributed by atoms with Crippen molar-refractivity contribution >= 4 is 5.97 Å². The summed E-state index contributed by atoms with van der Waals surface area (Å²) in [6, 6.07) is 8.66. The fourth-order valence-electron chi connectivity index (χ4n) is 5.60. The van der Waals surface area contributed by atoms with Crippen molar-refractivity contribution in [1.29, 1.82) is 0 Å². The Morgan fingerprint density at radius 2 is 1.36 bits per heavy atom. The van der Waals surface area contributed by atoms with E-state index in [4.69, 9.17) is 9.47 Å². The Morgan fingerprint density at radius 3 is 2.06 bits per heavy atom. The van der Waals surface area contributed by atoms with E-state index < -0.39 is 0 Å². The van der Waals surface area contributed by atoms with E-state index in [0.717, 1.165) is 37.9 Å². The highest BCUT2D eigenvalue weighted by Gasteiger charge is 2.29. The predicted molar refractivity (Wildman–Crippen MR) is 137 cm³/mol. The summed E-state index contributed by atoms with van der Waals surface area (Å²) in [7, 11) is 0. The largest absolute Gasteiger partial charge is 0.490 e. The van der Waals surface area contributed by atoms with E-state index in [9.17, 15) is 4.79 Å². The smallest absolute Gasteiger partial charge is 0.306 e. The van der Waals surface area contributed by atoms with Gasteiger partial charge in [-0.15, -0.1) is 0 Å². The van der Waals surface area contributed by atoms with Crippen molar-refractivity contribution in [2.24, 2.45) is 0 Å². The fraction of sp³-hybridized carbons (Fsp3) is 0.767. The van der Waals surface area contributed by atoms with Crippen LogP contribution in [0.4, 0.5) is 0 Å². The van der Waals surface area contributed by atoms with Crippen LogP contribution in [0.2, 0.25) is 0 Å². The van der Waals surface area contributed by atoms with Crippen molar-refractivity contribution in [2.75, 3.05) is 0 Å². The summed E-state index contributed by atoms with van der Waals surface area (Å²) in [4.78, 5) is 12.5. The molecule has 1 aromatic carbocycles. The molecule has 3 heteroatoms. The lowest BCUT2D eigenvalue weighted by molar-refractivity contribution is -0.151. The molecule has 0 saturated heterocycles. The number of unbranched alkanes of at least 4 members (excludes halogenated alkanes) is 8. The summed E-state index contributed by atoms with van der Waals surface area (Å²) in [5.41, 5.74) is 1.30. The van der Waals surface area contributed by atoms with E-state index in [1.165, 1.54) is 89.0 Å². The van der Waals surface area contributed by atoms with Crippen LogP contribution in [0.5, 0.6) is 5.75 Å². The van der Waals surface area contributed by atoms with Gasteiger partial charge in [-0.1, -0.05) is 83.3 Å². The van der Waals surface area contributed by atoms with Gasteiger partial charge in [0, 0.05) is 12.3 Å². The third-order valence-electron chi connectivity index (χ3n) is 7.63. The third-order valence-corrected chi connectivity index (χ3v) is 7.63. The van der Waals surface area contributed by atoms with Gasteiger partial charge in [0.1, 0.15) is 11.9 Å². The van der Waals surface area contributed by atoms with E-state index in [-0.39, 0.29) is 12.1 Å². The molecule has 0 aromatic heterocycles. The second-order valence-corrected chi connectivity index (χ2v) is 10.4. The number of ether oxygens (including phenoxy) is 2. The average Bonchev–Trinajstić information content (AvgIpc) is 2.85. The number of carbonyl (C=O) groups is 1. The number of hydrogen-bond donors (Lipinski definition) is 0. The van der Waals surface area contributed by atoms with Crippen LogP contribution >= 0.6 is 0 Å². The molecule has 2 aliphatic carbocycles. The standard InChI is InChI=1S/C30H48O3/c1-2-3-4-5-6-7-8-9-13-20-30(31)33-29-19-15-14-18-28(29)25-21-23-27(24-22-25)32-26-16-11-10-12-17-26/h21-24,26,28-29H,2-20H2,1H3/t28-,29+/m1/s1. The second kappa shape index (κ2) is 15.4. The van der Waals surface area contributed by atoms with E-state index in [1.54, 1.807) is 0 Å². The van der Waals surface area contributed by atoms with Gasteiger partial charge in [-0.2, -0.15) is 0 Å². The molecule has 0 spiro atoms. The van der Waals surface area contributed by atoms with E-state index in [0.29, 0.717) is 18.4 Å². The molecule has 0 aliphatic heterocycles.